The number of hydrogen-bond donors (Lipinski definition) is 1. The molecule has 1 saturated heterocycles. The normalized spacial score (nSPS) is 15.5. The molecule has 3 aromatic carbocycles. The predicted molar refractivity (Wildman–Crippen MR) is 131 cm³/mol. The summed E-state index contributed by atoms with van der Waals surface area (Å²) in [7, 11) is 0. The van der Waals surface area contributed by atoms with Gasteiger partial charge in [-0.15, -0.1) is 11.8 Å². The highest BCUT2D eigenvalue weighted by Crippen LogP contribution is 2.43. The SMILES string of the molecule is Cc1ccc(N2C(=O)CS[C@H]2c2cccc(NC(=O)c3ccc(Cl)c([N+](=O)[O-])c3)c2)c(C)c1. The van der Waals surface area contributed by atoms with Gasteiger partial charge in [-0.25, -0.2) is 0 Å². The van der Waals surface area contributed by atoms with Crippen LogP contribution < -0.4 is 10.2 Å². The van der Waals surface area contributed by atoms with Crippen molar-refractivity contribution < 1.29 is 14.5 Å². The van der Waals surface area contributed by atoms with Crippen molar-refractivity contribution in [3.63, 3.8) is 0 Å². The molecule has 1 aliphatic rings. The van der Waals surface area contributed by atoms with E-state index in [-0.39, 0.29) is 27.6 Å². The Balaban J connectivity index is 1.60. The van der Waals surface area contributed by atoms with Crippen molar-refractivity contribution in [3.8, 4) is 0 Å². The summed E-state index contributed by atoms with van der Waals surface area (Å²) >= 11 is 7.36. The first-order valence-electron chi connectivity index (χ1n) is 10.1. The fourth-order valence-corrected chi connectivity index (χ4v) is 5.12. The van der Waals surface area contributed by atoms with Crippen LogP contribution in [0.4, 0.5) is 17.1 Å². The lowest BCUT2D eigenvalue weighted by Gasteiger charge is -2.26. The summed E-state index contributed by atoms with van der Waals surface area (Å²) in [6, 6.07) is 17.2. The summed E-state index contributed by atoms with van der Waals surface area (Å²) in [6.45, 7) is 3.99. The lowest BCUT2D eigenvalue weighted by Crippen LogP contribution is -2.28. The van der Waals surface area contributed by atoms with E-state index in [1.54, 1.807) is 17.0 Å². The van der Waals surface area contributed by atoms with Gasteiger partial charge in [0, 0.05) is 23.0 Å². The quantitative estimate of drug-likeness (QED) is 0.362. The molecule has 0 spiro atoms. The predicted octanol–water partition coefficient (Wildman–Crippen LogP) is 5.90. The Kier molecular flexibility index (Phi) is 6.40. The molecule has 168 valence electrons. The molecule has 0 aliphatic carbocycles. The Morgan fingerprint density at radius 3 is 2.67 bits per heavy atom. The molecule has 7 nitrogen and oxygen atoms in total. The highest BCUT2D eigenvalue weighted by Gasteiger charge is 2.35. The summed E-state index contributed by atoms with van der Waals surface area (Å²) in [5.74, 6) is -0.101. The van der Waals surface area contributed by atoms with Gasteiger partial charge in [0.25, 0.3) is 11.6 Å². The van der Waals surface area contributed by atoms with Gasteiger partial charge >= 0.3 is 0 Å². The van der Waals surface area contributed by atoms with Crippen LogP contribution in [-0.4, -0.2) is 22.5 Å². The van der Waals surface area contributed by atoms with E-state index in [0.717, 1.165) is 28.4 Å². The molecule has 0 unspecified atom stereocenters. The number of nitro groups is 1. The van der Waals surface area contributed by atoms with Crippen molar-refractivity contribution in [1.29, 1.82) is 0 Å². The molecule has 1 atom stereocenters. The van der Waals surface area contributed by atoms with Crippen LogP contribution in [0.1, 0.15) is 32.4 Å². The second-order valence-electron chi connectivity index (χ2n) is 7.72. The van der Waals surface area contributed by atoms with Crippen LogP contribution in [0.5, 0.6) is 0 Å². The standard InChI is InChI=1S/C24H20ClN3O4S/c1-14-6-9-20(15(2)10-14)27-22(29)13-33-24(27)17-4-3-5-18(11-17)26-23(30)16-7-8-19(25)21(12-16)28(31)32/h3-12,24H,13H2,1-2H3,(H,26,30)/t24-/m0/s1. The molecule has 1 N–H and O–H groups in total. The highest BCUT2D eigenvalue weighted by molar-refractivity contribution is 8.00. The highest BCUT2D eigenvalue weighted by atomic mass is 35.5. The van der Waals surface area contributed by atoms with Crippen LogP contribution in [0.2, 0.25) is 5.02 Å². The minimum atomic E-state index is -0.629. The molecule has 0 aromatic heterocycles. The third-order valence-corrected chi connectivity index (χ3v) is 6.85. The number of rotatable bonds is 5. The summed E-state index contributed by atoms with van der Waals surface area (Å²) < 4.78 is 0. The van der Waals surface area contributed by atoms with Crippen molar-refractivity contribution in [3.05, 3.63) is 98.1 Å². The number of thioether (sulfide) groups is 1. The minimum absolute atomic E-state index is 0.0277. The van der Waals surface area contributed by atoms with E-state index in [9.17, 15) is 19.7 Å². The number of halogens is 1. The molecule has 4 rings (SSSR count). The van der Waals surface area contributed by atoms with E-state index < -0.39 is 10.8 Å². The van der Waals surface area contributed by atoms with Gasteiger partial charge in [-0.3, -0.25) is 24.6 Å². The van der Waals surface area contributed by atoms with Crippen LogP contribution in [0.3, 0.4) is 0 Å². The van der Waals surface area contributed by atoms with Gasteiger partial charge in [0.05, 0.1) is 10.7 Å². The van der Waals surface area contributed by atoms with Crippen molar-refractivity contribution in [1.82, 2.24) is 0 Å². The Morgan fingerprint density at radius 2 is 1.94 bits per heavy atom. The number of carbonyl (C=O) groups is 2. The maximum Gasteiger partial charge on any atom is 0.288 e. The molecule has 2 amide bonds. The first kappa shape index (κ1) is 22.8. The van der Waals surface area contributed by atoms with Gasteiger partial charge in [-0.2, -0.15) is 0 Å². The Hall–Kier alpha value is -3.36. The number of nitro benzene ring substituents is 1. The molecule has 0 bridgehead atoms. The number of nitrogens with zero attached hydrogens (tertiary/aromatic N) is 2. The van der Waals surface area contributed by atoms with E-state index in [4.69, 9.17) is 11.6 Å². The zero-order chi connectivity index (χ0) is 23.7. The van der Waals surface area contributed by atoms with Gasteiger partial charge in [0.2, 0.25) is 5.91 Å². The molecular weight excluding hydrogens is 462 g/mol. The number of carbonyl (C=O) groups excluding carboxylic acids is 2. The van der Waals surface area contributed by atoms with E-state index in [0.29, 0.717) is 11.4 Å². The largest absolute Gasteiger partial charge is 0.322 e. The maximum atomic E-state index is 12.7. The van der Waals surface area contributed by atoms with Crippen molar-refractivity contribution in [2.45, 2.75) is 19.2 Å². The van der Waals surface area contributed by atoms with Gasteiger partial charge < -0.3 is 5.32 Å². The summed E-state index contributed by atoms with van der Waals surface area (Å²) in [5, 5.41) is 13.6. The Labute approximate surface area is 199 Å². The average molecular weight is 482 g/mol. The lowest BCUT2D eigenvalue weighted by atomic mass is 10.1. The molecule has 1 fully saturated rings. The number of anilines is 2. The fraction of sp³-hybridized carbons (Fsp3) is 0.167. The van der Waals surface area contributed by atoms with Gasteiger partial charge in [-0.1, -0.05) is 41.4 Å². The number of hydrogen-bond acceptors (Lipinski definition) is 5. The first-order chi connectivity index (χ1) is 15.7. The molecule has 9 heteroatoms. The second-order valence-corrected chi connectivity index (χ2v) is 9.20. The van der Waals surface area contributed by atoms with E-state index in [2.05, 4.69) is 5.32 Å². The summed E-state index contributed by atoms with van der Waals surface area (Å²) in [4.78, 5) is 37.7. The zero-order valence-electron chi connectivity index (χ0n) is 17.9. The van der Waals surface area contributed by atoms with Crippen LogP contribution in [-0.2, 0) is 4.79 Å². The Bertz CT molecular complexity index is 1280. The van der Waals surface area contributed by atoms with E-state index >= 15 is 0 Å². The molecule has 1 aliphatic heterocycles. The third-order valence-electron chi connectivity index (χ3n) is 5.31. The van der Waals surface area contributed by atoms with E-state index in [1.807, 2.05) is 44.2 Å². The first-order valence-corrected chi connectivity index (χ1v) is 11.5. The third kappa shape index (κ3) is 4.72. The fourth-order valence-electron chi connectivity index (χ4n) is 3.77. The zero-order valence-corrected chi connectivity index (χ0v) is 19.4. The summed E-state index contributed by atoms with van der Waals surface area (Å²) in [6.07, 6.45) is 0. The van der Waals surface area contributed by atoms with Crippen molar-refractivity contribution >= 4 is 52.2 Å². The number of benzene rings is 3. The van der Waals surface area contributed by atoms with E-state index in [1.165, 1.54) is 23.9 Å². The van der Waals surface area contributed by atoms with Gasteiger partial charge in [0.15, 0.2) is 0 Å². The number of nitrogens with one attached hydrogen (secondary N) is 1. The van der Waals surface area contributed by atoms with Crippen molar-refractivity contribution in [2.24, 2.45) is 0 Å². The van der Waals surface area contributed by atoms with Crippen LogP contribution in [0.15, 0.2) is 60.7 Å². The average Bonchev–Trinajstić information content (AvgIpc) is 3.15. The molecule has 1 heterocycles. The lowest BCUT2D eigenvalue weighted by molar-refractivity contribution is -0.384. The Morgan fingerprint density at radius 1 is 1.15 bits per heavy atom. The molecule has 0 radical (unpaired) electrons. The smallest absolute Gasteiger partial charge is 0.288 e. The number of aryl methyl sites for hydroxylation is 2. The van der Waals surface area contributed by atoms with Crippen LogP contribution in [0.25, 0.3) is 0 Å². The van der Waals surface area contributed by atoms with Gasteiger partial charge in [-0.05, 0) is 55.3 Å². The minimum Gasteiger partial charge on any atom is -0.322 e. The van der Waals surface area contributed by atoms with Crippen molar-refractivity contribution in [2.75, 3.05) is 16.0 Å². The number of amides is 2. The van der Waals surface area contributed by atoms with Crippen LogP contribution in [0, 0.1) is 24.0 Å². The summed E-state index contributed by atoms with van der Waals surface area (Å²) in [5.41, 5.74) is 4.19. The molecule has 0 saturated carbocycles. The molecular formula is C24H20ClN3O4S. The monoisotopic (exact) mass is 481 g/mol. The second kappa shape index (κ2) is 9.25. The topological polar surface area (TPSA) is 92.6 Å². The van der Waals surface area contributed by atoms with Crippen LogP contribution >= 0.6 is 23.4 Å². The van der Waals surface area contributed by atoms with Gasteiger partial charge in [0.1, 0.15) is 10.4 Å². The molecule has 3 aromatic rings. The maximum absolute atomic E-state index is 12.7. The molecule has 33 heavy (non-hydrogen) atoms.